The van der Waals surface area contributed by atoms with Crippen LogP contribution in [0.4, 0.5) is 0 Å². The van der Waals surface area contributed by atoms with E-state index in [1.54, 1.807) is 6.07 Å². The molecular formula is C13H19Br2NO2S2. The van der Waals surface area contributed by atoms with Crippen LogP contribution in [0.3, 0.4) is 0 Å². The monoisotopic (exact) mass is 443 g/mol. The summed E-state index contributed by atoms with van der Waals surface area (Å²) in [6.45, 7) is 4.10. The van der Waals surface area contributed by atoms with E-state index in [1.165, 1.54) is 17.8 Å². The molecule has 1 aliphatic rings. The Bertz CT molecular complexity index is 566. The fourth-order valence-corrected chi connectivity index (χ4v) is 7.30. The molecule has 2 rings (SSSR count). The molecule has 1 aliphatic carbocycles. The molecule has 0 aliphatic heterocycles. The number of thiophene rings is 1. The summed E-state index contributed by atoms with van der Waals surface area (Å²) in [5.41, 5.74) is 0.612. The van der Waals surface area contributed by atoms with Crippen LogP contribution in [-0.4, -0.2) is 19.3 Å². The molecular weight excluding hydrogens is 426 g/mol. The maximum absolute atomic E-state index is 12.6. The van der Waals surface area contributed by atoms with Gasteiger partial charge in [-0.05, 0) is 53.2 Å². The van der Waals surface area contributed by atoms with Crippen LogP contribution < -0.4 is 4.72 Å². The molecule has 0 bridgehead atoms. The summed E-state index contributed by atoms with van der Waals surface area (Å²) in [7, 11) is -3.45. The van der Waals surface area contributed by atoms with Crippen molar-refractivity contribution < 1.29 is 8.42 Å². The van der Waals surface area contributed by atoms with Gasteiger partial charge in [0.15, 0.2) is 0 Å². The second-order valence-electron chi connectivity index (χ2n) is 5.74. The lowest BCUT2D eigenvalue weighted by atomic mass is 9.78. The van der Waals surface area contributed by atoms with Crippen LogP contribution in [0, 0.1) is 12.8 Å². The van der Waals surface area contributed by atoms with E-state index >= 15 is 0 Å². The lowest BCUT2D eigenvalue weighted by molar-refractivity contribution is 0.242. The van der Waals surface area contributed by atoms with Crippen molar-refractivity contribution in [2.24, 2.45) is 5.92 Å². The van der Waals surface area contributed by atoms with Gasteiger partial charge in [0.05, 0.1) is 3.79 Å². The molecule has 1 fully saturated rings. The van der Waals surface area contributed by atoms with E-state index in [4.69, 9.17) is 0 Å². The minimum atomic E-state index is -3.45. The number of sulfonamides is 1. The van der Waals surface area contributed by atoms with E-state index < -0.39 is 10.0 Å². The first kappa shape index (κ1) is 16.9. The predicted octanol–water partition coefficient (Wildman–Crippen LogP) is 4.44. The molecule has 2 unspecified atom stereocenters. The molecule has 20 heavy (non-hydrogen) atoms. The van der Waals surface area contributed by atoms with Crippen molar-refractivity contribution in [1.29, 1.82) is 0 Å². The van der Waals surface area contributed by atoms with Crippen molar-refractivity contribution in [3.05, 3.63) is 15.4 Å². The highest BCUT2D eigenvalue weighted by molar-refractivity contribution is 9.11. The summed E-state index contributed by atoms with van der Waals surface area (Å²) >= 11 is 8.17. The number of rotatable bonds is 4. The van der Waals surface area contributed by atoms with Gasteiger partial charge in [-0.25, -0.2) is 13.1 Å². The summed E-state index contributed by atoms with van der Waals surface area (Å²) < 4.78 is 29.4. The van der Waals surface area contributed by atoms with Crippen molar-refractivity contribution in [2.45, 2.75) is 49.3 Å². The Balaban J connectivity index is 2.26. The van der Waals surface area contributed by atoms with Crippen LogP contribution in [0.25, 0.3) is 0 Å². The molecule has 3 nitrogen and oxygen atoms in total. The molecule has 1 saturated carbocycles. The molecule has 1 aromatic rings. The number of hydrogen-bond acceptors (Lipinski definition) is 3. The largest absolute Gasteiger partial charge is 0.250 e. The lowest BCUT2D eigenvalue weighted by Crippen LogP contribution is -2.52. The Morgan fingerprint density at radius 1 is 1.55 bits per heavy atom. The highest BCUT2D eigenvalue weighted by Crippen LogP contribution is 2.36. The number of nitrogens with one attached hydrogen (secondary N) is 1. The Morgan fingerprint density at radius 2 is 2.25 bits per heavy atom. The van der Waals surface area contributed by atoms with Crippen LogP contribution in [0.5, 0.6) is 0 Å². The number of alkyl halides is 1. The molecule has 0 aromatic carbocycles. The molecule has 7 heteroatoms. The zero-order valence-electron chi connectivity index (χ0n) is 11.6. The second kappa shape index (κ2) is 6.36. The van der Waals surface area contributed by atoms with Crippen LogP contribution >= 0.6 is 43.2 Å². The molecule has 1 aromatic heterocycles. The SMILES string of the molecule is Cc1cc(S(=O)(=O)NC2(CBr)CCCC(C)C2)sc1Br. The van der Waals surface area contributed by atoms with E-state index in [0.717, 1.165) is 28.6 Å². The highest BCUT2D eigenvalue weighted by atomic mass is 79.9. The number of aryl methyl sites for hydroxylation is 1. The predicted molar refractivity (Wildman–Crippen MR) is 91.2 cm³/mol. The topological polar surface area (TPSA) is 46.2 Å². The normalized spacial score (nSPS) is 27.7. The zero-order chi connectivity index (χ0) is 15.0. The number of halogens is 2. The Labute approximate surface area is 141 Å². The van der Waals surface area contributed by atoms with Gasteiger partial charge in [-0.3, -0.25) is 0 Å². The lowest BCUT2D eigenvalue weighted by Gasteiger charge is -2.39. The molecule has 0 radical (unpaired) electrons. The third kappa shape index (κ3) is 3.66. The average Bonchev–Trinajstić information content (AvgIpc) is 2.70. The molecule has 0 spiro atoms. The molecule has 114 valence electrons. The summed E-state index contributed by atoms with van der Waals surface area (Å²) in [6.07, 6.45) is 4.04. The Morgan fingerprint density at radius 3 is 2.75 bits per heavy atom. The van der Waals surface area contributed by atoms with E-state index in [9.17, 15) is 8.42 Å². The van der Waals surface area contributed by atoms with Crippen molar-refractivity contribution in [2.75, 3.05) is 5.33 Å². The maximum atomic E-state index is 12.6. The van der Waals surface area contributed by atoms with Crippen molar-refractivity contribution in [3.8, 4) is 0 Å². The van der Waals surface area contributed by atoms with Crippen LogP contribution in [0.2, 0.25) is 0 Å². The van der Waals surface area contributed by atoms with Crippen LogP contribution in [0.15, 0.2) is 14.1 Å². The molecule has 1 heterocycles. The van der Waals surface area contributed by atoms with Crippen LogP contribution in [-0.2, 0) is 10.0 Å². The van der Waals surface area contributed by atoms with Gasteiger partial charge in [0.1, 0.15) is 4.21 Å². The average molecular weight is 445 g/mol. The van der Waals surface area contributed by atoms with Gasteiger partial charge in [-0.1, -0.05) is 35.7 Å². The van der Waals surface area contributed by atoms with E-state index in [0.29, 0.717) is 15.5 Å². The van der Waals surface area contributed by atoms with E-state index in [1.807, 2.05) is 6.92 Å². The zero-order valence-corrected chi connectivity index (χ0v) is 16.4. The third-order valence-electron chi connectivity index (χ3n) is 3.80. The van der Waals surface area contributed by atoms with E-state index in [2.05, 4.69) is 43.5 Å². The minimum Gasteiger partial charge on any atom is -0.206 e. The molecule has 2 atom stereocenters. The fraction of sp³-hybridized carbons (Fsp3) is 0.692. The smallest absolute Gasteiger partial charge is 0.206 e. The molecule has 1 N–H and O–H groups in total. The van der Waals surface area contributed by atoms with Gasteiger partial charge < -0.3 is 0 Å². The van der Waals surface area contributed by atoms with Crippen molar-refractivity contribution in [3.63, 3.8) is 0 Å². The summed E-state index contributed by atoms with van der Waals surface area (Å²) in [4.78, 5) is 0. The second-order valence-corrected chi connectivity index (χ2v) is 10.6. The quantitative estimate of drug-likeness (QED) is 0.697. The first-order chi connectivity index (χ1) is 9.28. The third-order valence-corrected chi connectivity index (χ3v) is 9.06. The number of hydrogen-bond donors (Lipinski definition) is 1. The molecule has 0 amide bonds. The summed E-state index contributed by atoms with van der Waals surface area (Å²) in [6, 6.07) is 1.73. The summed E-state index contributed by atoms with van der Waals surface area (Å²) in [5.74, 6) is 0.556. The minimum absolute atomic E-state index is 0.346. The summed E-state index contributed by atoms with van der Waals surface area (Å²) in [5, 5.41) is 0.662. The van der Waals surface area contributed by atoms with Gasteiger partial charge in [-0.15, -0.1) is 11.3 Å². The standard InChI is InChI=1S/C13H19Br2NO2S2/c1-9-4-3-5-13(7-9,8-14)16-20(17,18)11-6-10(2)12(15)19-11/h6,9,16H,3-5,7-8H2,1-2H3. The Kier molecular flexibility index (Phi) is 5.39. The van der Waals surface area contributed by atoms with Gasteiger partial charge >= 0.3 is 0 Å². The maximum Gasteiger partial charge on any atom is 0.250 e. The van der Waals surface area contributed by atoms with E-state index in [-0.39, 0.29) is 5.54 Å². The van der Waals surface area contributed by atoms with Gasteiger partial charge in [0.2, 0.25) is 0 Å². The van der Waals surface area contributed by atoms with Crippen LogP contribution in [0.1, 0.15) is 38.2 Å². The van der Waals surface area contributed by atoms with Gasteiger partial charge in [-0.2, -0.15) is 0 Å². The Hall–Kier alpha value is 0.570. The van der Waals surface area contributed by atoms with Gasteiger partial charge in [0.25, 0.3) is 10.0 Å². The fourth-order valence-electron chi connectivity index (χ4n) is 2.80. The van der Waals surface area contributed by atoms with Crippen molar-refractivity contribution >= 4 is 53.2 Å². The van der Waals surface area contributed by atoms with Crippen molar-refractivity contribution in [1.82, 2.24) is 4.72 Å². The first-order valence-electron chi connectivity index (χ1n) is 6.64. The molecule has 0 saturated heterocycles. The first-order valence-corrected chi connectivity index (χ1v) is 10.9. The highest BCUT2D eigenvalue weighted by Gasteiger charge is 2.38. The van der Waals surface area contributed by atoms with Gasteiger partial charge in [0, 0.05) is 10.9 Å².